The molecule has 3 rings (SSSR count). The topological polar surface area (TPSA) is 88.2 Å². The molecule has 0 aliphatic heterocycles. The van der Waals surface area contributed by atoms with E-state index in [4.69, 9.17) is 9.26 Å². The molecule has 0 spiro atoms. The van der Waals surface area contributed by atoms with Gasteiger partial charge in [-0.3, -0.25) is 9.32 Å². The number of hydrogen-bond acceptors (Lipinski definition) is 5. The Morgan fingerprint density at radius 3 is 2.59 bits per heavy atom. The third kappa shape index (κ3) is 4.22. The van der Waals surface area contributed by atoms with Crippen molar-refractivity contribution in [2.24, 2.45) is 0 Å². The molecule has 1 heterocycles. The van der Waals surface area contributed by atoms with Crippen molar-refractivity contribution in [2.45, 2.75) is 24.1 Å². The van der Waals surface area contributed by atoms with Crippen LogP contribution in [0.5, 0.6) is 5.75 Å². The zero-order chi connectivity index (χ0) is 19.4. The van der Waals surface area contributed by atoms with Crippen LogP contribution in [0.1, 0.15) is 12.5 Å². The Bertz CT molecular complexity index is 995. The van der Waals surface area contributed by atoms with E-state index in [9.17, 15) is 9.59 Å². The molecular formula is C19H20N3O4S+. The third-order valence-corrected chi connectivity index (χ3v) is 5.14. The summed E-state index contributed by atoms with van der Waals surface area (Å²) in [5, 5.41) is 5.23. The zero-order valence-electron chi connectivity index (χ0n) is 15.2. The van der Waals surface area contributed by atoms with Gasteiger partial charge in [0.15, 0.2) is 0 Å². The van der Waals surface area contributed by atoms with Crippen molar-refractivity contribution in [1.82, 2.24) is 5.27 Å². The first-order valence-corrected chi connectivity index (χ1v) is 9.18. The number of anilines is 1. The van der Waals surface area contributed by atoms with E-state index < -0.39 is 10.9 Å². The standard InChI is InChI=1S/C19H19N3O4S/c1-12-6-4-5-7-16(12)20-17(23)13(2)27-18-19(24)26-21-22(18)14-8-10-15(25-3)11-9-14/h4-11,13H,1-3H3,(H-,20,21,23,24)/p+1. The number of nitrogens with zero attached hydrogens (tertiary/aromatic N) is 1. The number of aromatic amines is 1. The van der Waals surface area contributed by atoms with Gasteiger partial charge in [-0.2, -0.15) is 0 Å². The van der Waals surface area contributed by atoms with Crippen LogP contribution in [0.4, 0.5) is 5.69 Å². The number of methoxy groups -OCH3 is 1. The molecule has 0 radical (unpaired) electrons. The highest BCUT2D eigenvalue weighted by molar-refractivity contribution is 8.00. The Kier molecular flexibility index (Phi) is 5.66. The number of ether oxygens (including phenoxy) is 1. The number of carbonyl (C=O) groups excluding carboxylic acids is 1. The van der Waals surface area contributed by atoms with Crippen molar-refractivity contribution < 1.29 is 18.7 Å². The number of H-pyrrole nitrogens is 1. The summed E-state index contributed by atoms with van der Waals surface area (Å²) in [6.07, 6.45) is 0. The molecule has 1 atom stereocenters. The molecule has 0 fully saturated rings. The number of benzene rings is 2. The van der Waals surface area contributed by atoms with Gasteiger partial charge in [-0.15, -0.1) is 0 Å². The van der Waals surface area contributed by atoms with Gasteiger partial charge in [0.1, 0.15) is 5.75 Å². The molecule has 0 saturated carbocycles. The van der Waals surface area contributed by atoms with Crippen LogP contribution in [-0.2, 0) is 4.79 Å². The second kappa shape index (κ2) is 8.13. The summed E-state index contributed by atoms with van der Waals surface area (Å²) in [7, 11) is 1.58. The number of aromatic nitrogens is 2. The van der Waals surface area contributed by atoms with Crippen molar-refractivity contribution in [2.75, 3.05) is 12.4 Å². The minimum absolute atomic E-state index is 0.198. The summed E-state index contributed by atoms with van der Waals surface area (Å²) in [6.45, 7) is 3.66. The quantitative estimate of drug-likeness (QED) is 0.502. The SMILES string of the molecule is COc1ccc(-[n+]2[nH]oc(=O)c2SC(C)C(=O)Nc2ccccc2C)cc1. The smallest absolute Gasteiger partial charge is 0.442 e. The number of carbonyl (C=O) groups is 1. The normalized spacial score (nSPS) is 11.8. The number of nitrogens with one attached hydrogen (secondary N) is 2. The summed E-state index contributed by atoms with van der Waals surface area (Å²) < 4.78 is 11.6. The molecule has 1 amide bonds. The number of rotatable bonds is 6. The van der Waals surface area contributed by atoms with Gasteiger partial charge < -0.3 is 10.1 Å². The van der Waals surface area contributed by atoms with Gasteiger partial charge in [-0.1, -0.05) is 18.2 Å². The van der Waals surface area contributed by atoms with Crippen LogP contribution in [0.15, 0.2) is 62.9 Å². The lowest BCUT2D eigenvalue weighted by Crippen LogP contribution is -2.37. The lowest BCUT2D eigenvalue weighted by atomic mass is 10.2. The first kappa shape index (κ1) is 18.8. The molecule has 0 aliphatic carbocycles. The predicted molar refractivity (Wildman–Crippen MR) is 103 cm³/mol. The molecular weight excluding hydrogens is 366 g/mol. The molecule has 1 aromatic heterocycles. The first-order chi connectivity index (χ1) is 13.0. The van der Waals surface area contributed by atoms with Crippen molar-refractivity contribution in [3.63, 3.8) is 0 Å². The van der Waals surface area contributed by atoms with Gasteiger partial charge in [-0.25, -0.2) is 4.79 Å². The van der Waals surface area contributed by atoms with E-state index in [-0.39, 0.29) is 10.9 Å². The fraction of sp³-hybridized carbons (Fsp3) is 0.211. The van der Waals surface area contributed by atoms with E-state index in [0.29, 0.717) is 11.4 Å². The molecule has 2 aromatic carbocycles. The van der Waals surface area contributed by atoms with Crippen LogP contribution >= 0.6 is 11.8 Å². The number of amides is 1. The van der Waals surface area contributed by atoms with E-state index in [1.54, 1.807) is 38.3 Å². The Balaban J connectivity index is 1.79. The summed E-state index contributed by atoms with van der Waals surface area (Å²) in [4.78, 5) is 24.6. The molecule has 0 aliphatic rings. The Hall–Kier alpha value is -3.00. The fourth-order valence-corrected chi connectivity index (χ4v) is 3.32. The van der Waals surface area contributed by atoms with Crippen LogP contribution in [0.2, 0.25) is 0 Å². The van der Waals surface area contributed by atoms with Gasteiger partial charge in [-0.05, 0) is 59.3 Å². The average Bonchev–Trinajstić information content (AvgIpc) is 3.04. The summed E-state index contributed by atoms with van der Waals surface area (Å²) in [5.41, 5.74) is 1.87. The maximum Gasteiger partial charge on any atom is 0.442 e. The van der Waals surface area contributed by atoms with Gasteiger partial charge >= 0.3 is 10.7 Å². The monoisotopic (exact) mass is 386 g/mol. The van der Waals surface area contributed by atoms with E-state index in [1.807, 2.05) is 31.2 Å². The Labute approximate surface area is 160 Å². The van der Waals surface area contributed by atoms with E-state index in [2.05, 4.69) is 10.6 Å². The molecule has 1 unspecified atom stereocenters. The van der Waals surface area contributed by atoms with Crippen molar-refractivity contribution in [3.05, 3.63) is 64.5 Å². The molecule has 7 nitrogen and oxygen atoms in total. The lowest BCUT2D eigenvalue weighted by Gasteiger charge is -2.11. The van der Waals surface area contributed by atoms with Crippen LogP contribution < -0.4 is 20.4 Å². The summed E-state index contributed by atoms with van der Waals surface area (Å²) >= 11 is 1.12. The van der Waals surface area contributed by atoms with E-state index in [0.717, 1.165) is 23.0 Å². The molecule has 0 saturated heterocycles. The maximum absolute atomic E-state index is 12.5. The van der Waals surface area contributed by atoms with Crippen LogP contribution in [-0.4, -0.2) is 23.5 Å². The van der Waals surface area contributed by atoms with E-state index in [1.165, 1.54) is 4.68 Å². The fourth-order valence-electron chi connectivity index (χ4n) is 2.43. The number of hydrogen-bond donors (Lipinski definition) is 2. The Morgan fingerprint density at radius 1 is 1.22 bits per heavy atom. The third-order valence-electron chi connectivity index (χ3n) is 4.00. The molecule has 8 heteroatoms. The second-order valence-electron chi connectivity index (χ2n) is 5.88. The number of aryl methyl sites for hydroxylation is 1. The largest absolute Gasteiger partial charge is 0.497 e. The maximum atomic E-state index is 12.5. The van der Waals surface area contributed by atoms with Gasteiger partial charge in [0.25, 0.3) is 0 Å². The molecule has 27 heavy (non-hydrogen) atoms. The molecule has 2 N–H and O–H groups in total. The highest BCUT2D eigenvalue weighted by atomic mass is 32.2. The van der Waals surface area contributed by atoms with E-state index >= 15 is 0 Å². The van der Waals surface area contributed by atoms with Crippen LogP contribution in [0.25, 0.3) is 5.69 Å². The van der Waals surface area contributed by atoms with Crippen molar-refractivity contribution >= 4 is 23.4 Å². The van der Waals surface area contributed by atoms with Crippen LogP contribution in [0.3, 0.4) is 0 Å². The summed E-state index contributed by atoms with van der Waals surface area (Å²) in [6, 6.07) is 14.6. The average molecular weight is 386 g/mol. The predicted octanol–water partition coefficient (Wildman–Crippen LogP) is 2.68. The first-order valence-electron chi connectivity index (χ1n) is 8.30. The van der Waals surface area contributed by atoms with Crippen molar-refractivity contribution in [1.29, 1.82) is 0 Å². The van der Waals surface area contributed by atoms with Gasteiger partial charge in [0, 0.05) is 17.8 Å². The number of para-hydroxylation sites is 1. The van der Waals surface area contributed by atoms with Gasteiger partial charge in [0.2, 0.25) is 11.6 Å². The molecule has 140 valence electrons. The lowest BCUT2D eigenvalue weighted by molar-refractivity contribution is -0.704. The molecule has 0 bridgehead atoms. The highest BCUT2D eigenvalue weighted by Crippen LogP contribution is 2.21. The summed E-state index contributed by atoms with van der Waals surface area (Å²) in [5.74, 6) is 0.501. The zero-order valence-corrected chi connectivity index (χ0v) is 16.0. The Morgan fingerprint density at radius 2 is 1.93 bits per heavy atom. The van der Waals surface area contributed by atoms with Crippen LogP contribution in [0, 0.1) is 6.92 Å². The minimum Gasteiger partial charge on any atom is -0.497 e. The highest BCUT2D eigenvalue weighted by Gasteiger charge is 2.29. The van der Waals surface area contributed by atoms with Gasteiger partial charge in [0.05, 0.1) is 12.4 Å². The minimum atomic E-state index is -0.536. The number of thioether (sulfide) groups is 1. The molecule has 3 aromatic rings. The van der Waals surface area contributed by atoms with Crippen molar-refractivity contribution in [3.8, 4) is 11.4 Å². The second-order valence-corrected chi connectivity index (χ2v) is 7.21.